The lowest BCUT2D eigenvalue weighted by Crippen LogP contribution is -2.00. The van der Waals surface area contributed by atoms with Crippen LogP contribution in [0, 0.1) is 12.7 Å². The molecule has 0 aliphatic carbocycles. The van der Waals surface area contributed by atoms with Gasteiger partial charge in [0.05, 0.1) is 22.1 Å². The van der Waals surface area contributed by atoms with E-state index in [0.29, 0.717) is 27.1 Å². The number of aromatic nitrogens is 2. The summed E-state index contributed by atoms with van der Waals surface area (Å²) < 4.78 is 15.6. The molecule has 6 heteroatoms. The SMILES string of the molecule is Cc1cc(Cl)c(-n2c(CCl)nc3c(F)cccc32)cc1Cl. The Hall–Kier alpha value is -1.29. The molecule has 0 spiro atoms. The van der Waals surface area contributed by atoms with Gasteiger partial charge in [-0.05, 0) is 36.8 Å². The molecule has 2 aromatic carbocycles. The van der Waals surface area contributed by atoms with Crippen LogP contribution in [-0.4, -0.2) is 9.55 Å². The second kappa shape index (κ2) is 5.48. The molecule has 0 bridgehead atoms. The summed E-state index contributed by atoms with van der Waals surface area (Å²) in [6.07, 6.45) is 0. The molecule has 0 saturated carbocycles. The molecular formula is C15H10Cl3FN2. The van der Waals surface area contributed by atoms with Crippen LogP contribution in [0.1, 0.15) is 11.4 Å². The molecule has 0 fully saturated rings. The van der Waals surface area contributed by atoms with Gasteiger partial charge in [0.25, 0.3) is 0 Å². The van der Waals surface area contributed by atoms with E-state index in [0.717, 1.165) is 5.56 Å². The van der Waals surface area contributed by atoms with Crippen LogP contribution in [0.2, 0.25) is 10.0 Å². The summed E-state index contributed by atoms with van der Waals surface area (Å²) in [6, 6.07) is 8.26. The standard InChI is InChI=1S/C15H10Cl3FN2/c1-8-5-10(18)13(6-9(8)17)21-12-4-2-3-11(19)15(12)20-14(21)7-16/h2-6H,7H2,1H3. The number of halogens is 4. The maximum atomic E-state index is 13.9. The van der Waals surface area contributed by atoms with E-state index >= 15 is 0 Å². The number of nitrogens with zero attached hydrogens (tertiary/aromatic N) is 2. The van der Waals surface area contributed by atoms with E-state index in [1.807, 2.05) is 6.92 Å². The van der Waals surface area contributed by atoms with Crippen molar-refractivity contribution in [1.29, 1.82) is 0 Å². The predicted octanol–water partition coefficient (Wildman–Crippen LogP) is 5.52. The molecule has 0 saturated heterocycles. The highest BCUT2D eigenvalue weighted by Gasteiger charge is 2.17. The smallest absolute Gasteiger partial charge is 0.151 e. The van der Waals surface area contributed by atoms with Crippen LogP contribution in [0.15, 0.2) is 30.3 Å². The Labute approximate surface area is 136 Å². The van der Waals surface area contributed by atoms with Crippen LogP contribution < -0.4 is 0 Å². The largest absolute Gasteiger partial charge is 0.294 e. The minimum atomic E-state index is -0.396. The number of hydrogen-bond donors (Lipinski definition) is 0. The number of fused-ring (bicyclic) bond motifs is 1. The zero-order valence-electron chi connectivity index (χ0n) is 11.0. The number of benzene rings is 2. The maximum Gasteiger partial charge on any atom is 0.151 e. The van der Waals surface area contributed by atoms with Gasteiger partial charge in [0.2, 0.25) is 0 Å². The first-order valence-corrected chi connectivity index (χ1v) is 7.49. The van der Waals surface area contributed by atoms with Crippen molar-refractivity contribution in [1.82, 2.24) is 9.55 Å². The van der Waals surface area contributed by atoms with Gasteiger partial charge in [0.15, 0.2) is 5.82 Å². The van der Waals surface area contributed by atoms with Crippen molar-refractivity contribution < 1.29 is 4.39 Å². The Morgan fingerprint density at radius 3 is 2.67 bits per heavy atom. The van der Waals surface area contributed by atoms with Gasteiger partial charge in [-0.15, -0.1) is 11.6 Å². The van der Waals surface area contributed by atoms with Gasteiger partial charge >= 0.3 is 0 Å². The summed E-state index contributed by atoms with van der Waals surface area (Å²) in [7, 11) is 0. The zero-order chi connectivity index (χ0) is 15.1. The second-order valence-electron chi connectivity index (χ2n) is 4.66. The normalized spacial score (nSPS) is 11.3. The molecule has 0 atom stereocenters. The Morgan fingerprint density at radius 1 is 1.19 bits per heavy atom. The molecule has 2 nitrogen and oxygen atoms in total. The molecule has 0 amide bonds. The number of imidazole rings is 1. The summed E-state index contributed by atoms with van der Waals surface area (Å²) in [5, 5.41) is 1.08. The zero-order valence-corrected chi connectivity index (χ0v) is 13.3. The molecule has 3 rings (SSSR count). The fourth-order valence-electron chi connectivity index (χ4n) is 2.28. The lowest BCUT2D eigenvalue weighted by Gasteiger charge is -2.12. The summed E-state index contributed by atoms with van der Waals surface area (Å²) in [4.78, 5) is 4.25. The lowest BCUT2D eigenvalue weighted by atomic mass is 10.2. The molecule has 1 heterocycles. The molecule has 0 N–H and O–H groups in total. The Balaban J connectivity index is 2.39. The van der Waals surface area contributed by atoms with Crippen LogP contribution in [-0.2, 0) is 5.88 Å². The van der Waals surface area contributed by atoms with Gasteiger partial charge < -0.3 is 0 Å². The number of rotatable bonds is 2. The Kier molecular flexibility index (Phi) is 3.82. The summed E-state index contributed by atoms with van der Waals surface area (Å²) in [5.41, 5.74) is 2.37. The highest BCUT2D eigenvalue weighted by Crippen LogP contribution is 2.32. The van der Waals surface area contributed by atoms with Crippen molar-refractivity contribution in [3.05, 3.63) is 57.6 Å². The molecular weight excluding hydrogens is 334 g/mol. The predicted molar refractivity (Wildman–Crippen MR) is 85.3 cm³/mol. The van der Waals surface area contributed by atoms with Crippen LogP contribution in [0.3, 0.4) is 0 Å². The van der Waals surface area contributed by atoms with Crippen molar-refractivity contribution >= 4 is 45.8 Å². The van der Waals surface area contributed by atoms with Crippen LogP contribution >= 0.6 is 34.8 Å². The topological polar surface area (TPSA) is 17.8 Å². The lowest BCUT2D eigenvalue weighted by molar-refractivity contribution is 0.637. The van der Waals surface area contributed by atoms with Crippen molar-refractivity contribution in [3.63, 3.8) is 0 Å². The summed E-state index contributed by atoms with van der Waals surface area (Å²) >= 11 is 18.4. The van der Waals surface area contributed by atoms with Gasteiger partial charge in [-0.2, -0.15) is 0 Å². The number of para-hydroxylation sites is 1. The van der Waals surface area contributed by atoms with Crippen molar-refractivity contribution in [3.8, 4) is 5.69 Å². The number of hydrogen-bond acceptors (Lipinski definition) is 1. The molecule has 1 aromatic heterocycles. The Bertz CT molecular complexity index is 843. The average Bonchev–Trinajstić information content (AvgIpc) is 2.83. The molecule has 0 aliphatic heterocycles. The molecule has 108 valence electrons. The molecule has 21 heavy (non-hydrogen) atoms. The van der Waals surface area contributed by atoms with Crippen molar-refractivity contribution in [2.75, 3.05) is 0 Å². The van der Waals surface area contributed by atoms with E-state index in [1.165, 1.54) is 6.07 Å². The first-order valence-electron chi connectivity index (χ1n) is 6.20. The molecule has 3 aromatic rings. The average molecular weight is 344 g/mol. The third kappa shape index (κ3) is 2.39. The van der Waals surface area contributed by atoms with Crippen LogP contribution in [0.25, 0.3) is 16.7 Å². The first kappa shape index (κ1) is 14.6. The summed E-state index contributed by atoms with van der Waals surface area (Å²) in [5.74, 6) is 0.251. The third-order valence-electron chi connectivity index (χ3n) is 3.29. The van der Waals surface area contributed by atoms with Crippen molar-refractivity contribution in [2.24, 2.45) is 0 Å². The van der Waals surface area contributed by atoms with Crippen LogP contribution in [0.4, 0.5) is 4.39 Å². The van der Waals surface area contributed by atoms with Gasteiger partial charge in [-0.25, -0.2) is 9.37 Å². The van der Waals surface area contributed by atoms with Gasteiger partial charge in [-0.1, -0.05) is 29.3 Å². The molecule has 0 radical (unpaired) electrons. The maximum absolute atomic E-state index is 13.9. The summed E-state index contributed by atoms with van der Waals surface area (Å²) in [6.45, 7) is 1.87. The first-order chi connectivity index (χ1) is 10.0. The van der Waals surface area contributed by atoms with Crippen molar-refractivity contribution in [2.45, 2.75) is 12.8 Å². The fourth-order valence-corrected chi connectivity index (χ4v) is 2.92. The second-order valence-corrected chi connectivity index (χ2v) is 5.74. The quantitative estimate of drug-likeness (QED) is 0.560. The van der Waals surface area contributed by atoms with E-state index in [2.05, 4.69) is 4.98 Å². The number of aryl methyl sites for hydroxylation is 1. The Morgan fingerprint density at radius 2 is 1.95 bits per heavy atom. The van der Waals surface area contributed by atoms with E-state index in [9.17, 15) is 4.39 Å². The van der Waals surface area contributed by atoms with E-state index in [-0.39, 0.29) is 11.4 Å². The van der Waals surface area contributed by atoms with Gasteiger partial charge in [0, 0.05) is 5.02 Å². The minimum absolute atomic E-state index is 0.135. The van der Waals surface area contributed by atoms with E-state index in [4.69, 9.17) is 34.8 Å². The fraction of sp³-hybridized carbons (Fsp3) is 0.133. The van der Waals surface area contributed by atoms with Gasteiger partial charge in [-0.3, -0.25) is 4.57 Å². The highest BCUT2D eigenvalue weighted by molar-refractivity contribution is 6.35. The number of alkyl halides is 1. The monoisotopic (exact) mass is 342 g/mol. The van der Waals surface area contributed by atoms with Gasteiger partial charge in [0.1, 0.15) is 11.3 Å². The van der Waals surface area contributed by atoms with E-state index < -0.39 is 5.82 Å². The van der Waals surface area contributed by atoms with Crippen LogP contribution in [0.5, 0.6) is 0 Å². The third-order valence-corrected chi connectivity index (χ3v) is 4.24. The molecule has 0 aliphatic rings. The molecule has 0 unspecified atom stereocenters. The van der Waals surface area contributed by atoms with E-state index in [1.54, 1.807) is 28.8 Å². The minimum Gasteiger partial charge on any atom is -0.294 e. The highest BCUT2D eigenvalue weighted by atomic mass is 35.5.